The average Bonchev–Trinajstić information content (AvgIpc) is 3.12. The summed E-state index contributed by atoms with van der Waals surface area (Å²) in [6, 6.07) is 9.46. The standard InChI is InChI=1S/C24H22FN3O3/c25-16-8-6-15(7-9-16)13-28-14-18-19(23(30)27-11-2-1-3-12-27)17-5-4-10-26-21(17)22(29)20(18)24(28)31/h4-10,29H,1-3,11-14H2. The lowest BCUT2D eigenvalue weighted by atomic mass is 9.95. The lowest BCUT2D eigenvalue weighted by Crippen LogP contribution is -2.36. The second kappa shape index (κ2) is 7.65. The Morgan fingerprint density at radius 1 is 1.10 bits per heavy atom. The molecular weight excluding hydrogens is 397 g/mol. The third-order valence-corrected chi connectivity index (χ3v) is 6.14. The maximum absolute atomic E-state index is 13.5. The number of benzene rings is 2. The normalized spacial score (nSPS) is 16.1. The van der Waals surface area contributed by atoms with E-state index >= 15 is 0 Å². The van der Waals surface area contributed by atoms with Gasteiger partial charge in [-0.2, -0.15) is 0 Å². The first kappa shape index (κ1) is 19.5. The fourth-order valence-corrected chi connectivity index (χ4v) is 4.59. The number of likely N-dealkylation sites (tertiary alicyclic amines) is 1. The number of rotatable bonds is 3. The van der Waals surface area contributed by atoms with Crippen molar-refractivity contribution < 1.29 is 19.1 Å². The molecule has 2 aromatic carbocycles. The van der Waals surface area contributed by atoms with E-state index < -0.39 is 0 Å². The van der Waals surface area contributed by atoms with Crippen LogP contribution in [0.4, 0.5) is 4.39 Å². The van der Waals surface area contributed by atoms with E-state index in [0.717, 1.165) is 24.8 Å². The van der Waals surface area contributed by atoms with Crippen LogP contribution in [0.2, 0.25) is 0 Å². The van der Waals surface area contributed by atoms with Gasteiger partial charge in [-0.1, -0.05) is 18.2 Å². The third-order valence-electron chi connectivity index (χ3n) is 6.14. The van der Waals surface area contributed by atoms with Crippen molar-refractivity contribution >= 4 is 22.7 Å². The number of fused-ring (bicyclic) bond motifs is 2. The summed E-state index contributed by atoms with van der Waals surface area (Å²) in [4.78, 5) is 34.4. The largest absolute Gasteiger partial charge is 0.505 e. The Bertz CT molecular complexity index is 1190. The van der Waals surface area contributed by atoms with E-state index in [2.05, 4.69) is 4.98 Å². The molecule has 1 fully saturated rings. The number of carbonyl (C=O) groups excluding carboxylic acids is 2. The molecular formula is C24H22FN3O3. The van der Waals surface area contributed by atoms with E-state index in [0.29, 0.717) is 29.6 Å². The first-order chi connectivity index (χ1) is 15.0. The number of pyridine rings is 1. The van der Waals surface area contributed by atoms with Crippen LogP contribution in [0.25, 0.3) is 10.9 Å². The third kappa shape index (κ3) is 3.30. The maximum Gasteiger partial charge on any atom is 0.258 e. The van der Waals surface area contributed by atoms with Gasteiger partial charge in [-0.25, -0.2) is 4.39 Å². The second-order valence-electron chi connectivity index (χ2n) is 8.12. The van der Waals surface area contributed by atoms with Crippen LogP contribution >= 0.6 is 0 Å². The van der Waals surface area contributed by atoms with Gasteiger partial charge < -0.3 is 14.9 Å². The highest BCUT2D eigenvalue weighted by Gasteiger charge is 2.37. The molecule has 0 bridgehead atoms. The molecule has 5 rings (SSSR count). The van der Waals surface area contributed by atoms with Crippen LogP contribution in [0.5, 0.6) is 5.75 Å². The quantitative estimate of drug-likeness (QED) is 0.700. The Balaban J connectivity index is 1.60. The predicted molar refractivity (Wildman–Crippen MR) is 113 cm³/mol. The van der Waals surface area contributed by atoms with Crippen LogP contribution in [-0.4, -0.2) is 44.8 Å². The maximum atomic E-state index is 13.5. The van der Waals surface area contributed by atoms with Crippen LogP contribution in [0, 0.1) is 5.82 Å². The average molecular weight is 419 g/mol. The molecule has 2 aliphatic rings. The minimum absolute atomic E-state index is 0.120. The summed E-state index contributed by atoms with van der Waals surface area (Å²) >= 11 is 0. The Morgan fingerprint density at radius 2 is 1.84 bits per heavy atom. The Labute approximate surface area is 178 Å². The van der Waals surface area contributed by atoms with Gasteiger partial charge in [0.1, 0.15) is 11.3 Å². The Hall–Kier alpha value is -3.48. The van der Waals surface area contributed by atoms with Gasteiger partial charge in [-0.05, 0) is 43.0 Å². The summed E-state index contributed by atoms with van der Waals surface area (Å²) in [5, 5.41) is 11.5. The minimum atomic E-state index is -0.350. The van der Waals surface area contributed by atoms with Gasteiger partial charge in [0.2, 0.25) is 0 Å². The van der Waals surface area contributed by atoms with Gasteiger partial charge in [-0.15, -0.1) is 0 Å². The molecule has 0 aliphatic carbocycles. The molecule has 0 spiro atoms. The number of halogens is 1. The summed E-state index contributed by atoms with van der Waals surface area (Å²) in [6.07, 6.45) is 4.55. The fourth-order valence-electron chi connectivity index (χ4n) is 4.59. The lowest BCUT2D eigenvalue weighted by Gasteiger charge is -2.28. The number of amides is 2. The van der Waals surface area contributed by atoms with Gasteiger partial charge in [0.05, 0.1) is 11.1 Å². The van der Waals surface area contributed by atoms with Crippen molar-refractivity contribution in [1.29, 1.82) is 0 Å². The number of carbonyl (C=O) groups is 2. The Morgan fingerprint density at radius 3 is 2.58 bits per heavy atom. The highest BCUT2D eigenvalue weighted by molar-refractivity contribution is 6.15. The van der Waals surface area contributed by atoms with Gasteiger partial charge in [0.25, 0.3) is 11.8 Å². The molecule has 2 amide bonds. The van der Waals surface area contributed by atoms with Crippen molar-refractivity contribution in [2.24, 2.45) is 0 Å². The molecule has 31 heavy (non-hydrogen) atoms. The van der Waals surface area contributed by atoms with Crippen LogP contribution in [0.15, 0.2) is 42.6 Å². The van der Waals surface area contributed by atoms with E-state index in [1.807, 2.05) is 4.90 Å². The minimum Gasteiger partial charge on any atom is -0.505 e. The zero-order valence-electron chi connectivity index (χ0n) is 17.0. The predicted octanol–water partition coefficient (Wildman–Crippen LogP) is 3.86. The SMILES string of the molecule is O=C1c2c(c(C(=O)N3CCCCC3)c3cccnc3c2O)CN1Cc1ccc(F)cc1. The van der Waals surface area contributed by atoms with Crippen LogP contribution in [0.1, 0.15) is 51.1 Å². The van der Waals surface area contributed by atoms with E-state index in [1.54, 1.807) is 35.4 Å². The van der Waals surface area contributed by atoms with E-state index in [1.165, 1.54) is 12.1 Å². The van der Waals surface area contributed by atoms with Crippen LogP contribution in [-0.2, 0) is 13.1 Å². The van der Waals surface area contributed by atoms with Crippen molar-refractivity contribution in [3.05, 3.63) is 70.7 Å². The van der Waals surface area contributed by atoms with Crippen molar-refractivity contribution in [3.63, 3.8) is 0 Å². The highest BCUT2D eigenvalue weighted by Crippen LogP contribution is 2.40. The number of aromatic nitrogens is 1. The molecule has 6 nitrogen and oxygen atoms in total. The highest BCUT2D eigenvalue weighted by atomic mass is 19.1. The molecule has 0 atom stereocenters. The molecule has 7 heteroatoms. The van der Waals surface area contributed by atoms with E-state index in [9.17, 15) is 19.1 Å². The number of piperidine rings is 1. The molecule has 1 saturated heterocycles. The zero-order valence-corrected chi connectivity index (χ0v) is 17.0. The first-order valence-electron chi connectivity index (χ1n) is 10.5. The van der Waals surface area contributed by atoms with Crippen LogP contribution < -0.4 is 0 Å². The van der Waals surface area contributed by atoms with Gasteiger partial charge in [0, 0.05) is 43.3 Å². The zero-order chi connectivity index (χ0) is 21.5. The molecule has 0 unspecified atom stereocenters. The molecule has 1 aromatic heterocycles. The Kier molecular flexibility index (Phi) is 4.81. The molecule has 3 aromatic rings. The van der Waals surface area contributed by atoms with Gasteiger partial charge >= 0.3 is 0 Å². The number of phenols is 1. The molecule has 2 aliphatic heterocycles. The first-order valence-corrected chi connectivity index (χ1v) is 10.5. The lowest BCUT2D eigenvalue weighted by molar-refractivity contribution is 0.0719. The smallest absolute Gasteiger partial charge is 0.258 e. The van der Waals surface area contributed by atoms with Crippen molar-refractivity contribution in [1.82, 2.24) is 14.8 Å². The van der Waals surface area contributed by atoms with E-state index in [-0.39, 0.29) is 47.6 Å². The molecule has 0 saturated carbocycles. The van der Waals surface area contributed by atoms with Gasteiger partial charge in [-0.3, -0.25) is 14.6 Å². The number of aromatic hydroxyl groups is 1. The topological polar surface area (TPSA) is 73.7 Å². The summed E-state index contributed by atoms with van der Waals surface area (Å²) in [6.45, 7) is 1.83. The summed E-state index contributed by atoms with van der Waals surface area (Å²) in [5.41, 5.74) is 2.18. The van der Waals surface area contributed by atoms with E-state index in [4.69, 9.17) is 0 Å². The molecule has 1 N–H and O–H groups in total. The van der Waals surface area contributed by atoms with Crippen LogP contribution in [0.3, 0.4) is 0 Å². The van der Waals surface area contributed by atoms with Crippen molar-refractivity contribution in [2.75, 3.05) is 13.1 Å². The number of hydrogen-bond acceptors (Lipinski definition) is 4. The van der Waals surface area contributed by atoms with Crippen molar-refractivity contribution in [3.8, 4) is 5.75 Å². The van der Waals surface area contributed by atoms with Crippen molar-refractivity contribution in [2.45, 2.75) is 32.4 Å². The monoisotopic (exact) mass is 419 g/mol. The fraction of sp³-hybridized carbons (Fsp3) is 0.292. The number of phenolic OH excluding ortho intramolecular Hbond substituents is 1. The molecule has 3 heterocycles. The summed E-state index contributed by atoms with van der Waals surface area (Å²) < 4.78 is 13.3. The summed E-state index contributed by atoms with van der Waals surface area (Å²) in [7, 11) is 0. The molecule has 158 valence electrons. The second-order valence-corrected chi connectivity index (χ2v) is 8.12. The number of nitrogens with zero attached hydrogens (tertiary/aromatic N) is 3. The summed E-state index contributed by atoms with van der Waals surface area (Å²) in [5.74, 6) is -1.00. The number of hydrogen-bond donors (Lipinski definition) is 1. The molecule has 0 radical (unpaired) electrons. The van der Waals surface area contributed by atoms with Gasteiger partial charge in [0.15, 0.2) is 5.75 Å².